The third-order valence-electron chi connectivity index (χ3n) is 3.90. The predicted octanol–water partition coefficient (Wildman–Crippen LogP) is 3.69. The molecule has 9 nitrogen and oxygen atoms in total. The van der Waals surface area contributed by atoms with Crippen LogP contribution in [0.15, 0.2) is 48.5 Å². The Bertz CT molecular complexity index is 887. The van der Waals surface area contributed by atoms with E-state index in [0.29, 0.717) is 11.3 Å². The lowest BCUT2D eigenvalue weighted by atomic mass is 10.1. The molecule has 0 aliphatic rings. The third-order valence-corrected chi connectivity index (χ3v) is 3.90. The fraction of sp³-hybridized carbons (Fsp3) is 0.333. The Hall–Kier alpha value is -3.62. The number of hydrogen-bond acceptors (Lipinski definition) is 6. The number of non-ortho nitro benzene ring substituents is 1. The highest BCUT2D eigenvalue weighted by Crippen LogP contribution is 2.17. The first-order chi connectivity index (χ1) is 14.0. The van der Waals surface area contributed by atoms with E-state index >= 15 is 0 Å². The number of hydrogen-bond donors (Lipinski definition) is 2. The molecule has 0 spiro atoms. The van der Waals surface area contributed by atoms with Gasteiger partial charge in [0.05, 0.1) is 4.92 Å². The van der Waals surface area contributed by atoms with Crippen molar-refractivity contribution >= 4 is 17.7 Å². The molecular formula is C21H24N2O7. The summed E-state index contributed by atoms with van der Waals surface area (Å²) in [5.74, 6) is -0.608. The van der Waals surface area contributed by atoms with E-state index in [1.54, 1.807) is 57.2 Å². The summed E-state index contributed by atoms with van der Waals surface area (Å²) in [4.78, 5) is 33.5. The minimum Gasteiger partial charge on any atom is -0.489 e. The molecule has 160 valence electrons. The van der Waals surface area contributed by atoms with E-state index in [4.69, 9.17) is 9.47 Å². The third kappa shape index (κ3) is 7.42. The monoisotopic (exact) mass is 416 g/mol. The van der Waals surface area contributed by atoms with Gasteiger partial charge in [-0.3, -0.25) is 10.1 Å². The zero-order valence-electron chi connectivity index (χ0n) is 17.0. The Labute approximate surface area is 173 Å². The number of ether oxygens (including phenoxy) is 2. The van der Waals surface area contributed by atoms with Crippen molar-refractivity contribution in [3.8, 4) is 5.75 Å². The van der Waals surface area contributed by atoms with E-state index in [1.165, 1.54) is 12.1 Å². The maximum atomic E-state index is 11.8. The average molecular weight is 416 g/mol. The fourth-order valence-corrected chi connectivity index (χ4v) is 2.49. The van der Waals surface area contributed by atoms with Crippen LogP contribution in [0.3, 0.4) is 0 Å². The van der Waals surface area contributed by atoms with Crippen LogP contribution in [0.5, 0.6) is 5.75 Å². The van der Waals surface area contributed by atoms with Crippen molar-refractivity contribution in [2.45, 2.75) is 45.4 Å². The molecule has 2 N–H and O–H groups in total. The van der Waals surface area contributed by atoms with Crippen LogP contribution in [0.25, 0.3) is 0 Å². The molecule has 9 heteroatoms. The first-order valence-corrected chi connectivity index (χ1v) is 9.21. The van der Waals surface area contributed by atoms with Crippen molar-refractivity contribution in [2.24, 2.45) is 0 Å². The molecule has 1 atom stereocenters. The SMILES string of the molecule is CC(C)(C)OC(=O)NC(Cc1ccc(OCc2ccc([N+](=O)[O-])cc2)cc1)C(=O)O. The molecule has 0 saturated heterocycles. The van der Waals surface area contributed by atoms with Gasteiger partial charge in [0.1, 0.15) is 24.0 Å². The molecule has 0 heterocycles. The molecule has 0 aromatic heterocycles. The Morgan fingerprint density at radius 2 is 1.63 bits per heavy atom. The number of carbonyl (C=O) groups excluding carboxylic acids is 1. The Kier molecular flexibility index (Phi) is 7.35. The quantitative estimate of drug-likeness (QED) is 0.496. The molecular weight excluding hydrogens is 392 g/mol. The largest absolute Gasteiger partial charge is 0.489 e. The number of nitro benzene ring substituents is 1. The Balaban J connectivity index is 1.92. The first-order valence-electron chi connectivity index (χ1n) is 9.21. The zero-order chi connectivity index (χ0) is 22.3. The molecule has 2 aromatic rings. The molecule has 0 fully saturated rings. The number of carbonyl (C=O) groups is 2. The normalized spacial score (nSPS) is 12.0. The lowest BCUT2D eigenvalue weighted by Gasteiger charge is -2.22. The van der Waals surface area contributed by atoms with Gasteiger partial charge in [-0.1, -0.05) is 12.1 Å². The summed E-state index contributed by atoms with van der Waals surface area (Å²) < 4.78 is 10.7. The molecule has 0 saturated carbocycles. The standard InChI is InChI=1S/C21H24N2O7/c1-21(2,3)30-20(26)22-18(19(24)25)12-14-6-10-17(11-7-14)29-13-15-4-8-16(9-5-15)23(27)28/h4-11,18H,12-13H2,1-3H3,(H,22,26)(H,24,25). The van der Waals surface area contributed by atoms with E-state index in [1.807, 2.05) is 0 Å². The number of nitro groups is 1. The van der Waals surface area contributed by atoms with Gasteiger partial charge in [-0.15, -0.1) is 0 Å². The minimum absolute atomic E-state index is 0.0103. The zero-order valence-corrected chi connectivity index (χ0v) is 17.0. The molecule has 1 unspecified atom stereocenters. The van der Waals surface area contributed by atoms with Crippen molar-refractivity contribution in [3.05, 3.63) is 69.8 Å². The van der Waals surface area contributed by atoms with Gasteiger partial charge < -0.3 is 19.9 Å². The second-order valence-corrected chi connectivity index (χ2v) is 7.60. The van der Waals surface area contributed by atoms with Crippen LogP contribution < -0.4 is 10.1 Å². The van der Waals surface area contributed by atoms with Crippen LogP contribution in [0.2, 0.25) is 0 Å². The summed E-state index contributed by atoms with van der Waals surface area (Å²) in [6.07, 6.45) is -0.713. The van der Waals surface area contributed by atoms with Crippen LogP contribution >= 0.6 is 0 Å². The molecule has 2 aromatic carbocycles. The van der Waals surface area contributed by atoms with Gasteiger partial charge in [0.15, 0.2) is 0 Å². The maximum Gasteiger partial charge on any atom is 0.408 e. The summed E-state index contributed by atoms with van der Waals surface area (Å²) in [6.45, 7) is 5.31. The number of alkyl carbamates (subject to hydrolysis) is 1. The summed E-state index contributed by atoms with van der Waals surface area (Å²) in [6, 6.07) is 11.7. The molecule has 0 radical (unpaired) electrons. The summed E-state index contributed by atoms with van der Waals surface area (Å²) in [7, 11) is 0. The summed E-state index contributed by atoms with van der Waals surface area (Å²) >= 11 is 0. The molecule has 0 aliphatic carbocycles. The average Bonchev–Trinajstić information content (AvgIpc) is 2.65. The second kappa shape index (κ2) is 9.73. The Morgan fingerprint density at radius 1 is 1.07 bits per heavy atom. The van der Waals surface area contributed by atoms with Gasteiger partial charge in [0, 0.05) is 18.6 Å². The van der Waals surface area contributed by atoms with Gasteiger partial charge in [-0.2, -0.15) is 0 Å². The molecule has 0 aliphatic heterocycles. The minimum atomic E-state index is -1.17. The first kappa shape index (κ1) is 22.7. The van der Waals surface area contributed by atoms with E-state index in [-0.39, 0.29) is 18.7 Å². The van der Waals surface area contributed by atoms with Crippen LogP contribution in [-0.4, -0.2) is 33.7 Å². The van der Waals surface area contributed by atoms with Gasteiger partial charge in [-0.25, -0.2) is 9.59 Å². The number of amides is 1. The highest BCUT2D eigenvalue weighted by Gasteiger charge is 2.24. The Morgan fingerprint density at radius 3 is 2.13 bits per heavy atom. The molecule has 1 amide bonds. The number of benzene rings is 2. The van der Waals surface area contributed by atoms with Crippen LogP contribution in [0, 0.1) is 10.1 Å². The number of carboxylic acids is 1. The van der Waals surface area contributed by atoms with Crippen molar-refractivity contribution in [1.29, 1.82) is 0 Å². The highest BCUT2D eigenvalue weighted by molar-refractivity contribution is 5.80. The number of aliphatic carboxylic acids is 1. The van der Waals surface area contributed by atoms with Gasteiger partial charge in [-0.05, 0) is 56.2 Å². The molecule has 0 bridgehead atoms. The van der Waals surface area contributed by atoms with Crippen molar-refractivity contribution in [3.63, 3.8) is 0 Å². The maximum absolute atomic E-state index is 11.8. The number of nitrogens with zero attached hydrogens (tertiary/aromatic N) is 1. The number of rotatable bonds is 8. The van der Waals surface area contributed by atoms with Crippen LogP contribution in [0.1, 0.15) is 31.9 Å². The van der Waals surface area contributed by atoms with Gasteiger partial charge in [0.2, 0.25) is 0 Å². The highest BCUT2D eigenvalue weighted by atomic mass is 16.6. The number of carboxylic acid groups (broad SMARTS) is 1. The van der Waals surface area contributed by atoms with E-state index < -0.39 is 28.6 Å². The van der Waals surface area contributed by atoms with Crippen molar-refractivity contribution < 1.29 is 29.1 Å². The molecule has 2 rings (SSSR count). The lowest BCUT2D eigenvalue weighted by Crippen LogP contribution is -2.44. The van der Waals surface area contributed by atoms with Gasteiger partial charge in [0.25, 0.3) is 5.69 Å². The van der Waals surface area contributed by atoms with E-state index in [0.717, 1.165) is 5.56 Å². The van der Waals surface area contributed by atoms with Crippen molar-refractivity contribution in [2.75, 3.05) is 0 Å². The van der Waals surface area contributed by atoms with Gasteiger partial charge >= 0.3 is 12.1 Å². The van der Waals surface area contributed by atoms with Crippen LogP contribution in [-0.2, 0) is 22.6 Å². The fourth-order valence-electron chi connectivity index (χ4n) is 2.49. The second-order valence-electron chi connectivity index (χ2n) is 7.60. The van der Waals surface area contributed by atoms with E-state index in [9.17, 15) is 24.8 Å². The number of nitrogens with one attached hydrogen (secondary N) is 1. The summed E-state index contributed by atoms with van der Waals surface area (Å²) in [5, 5.41) is 22.4. The van der Waals surface area contributed by atoms with Crippen LogP contribution in [0.4, 0.5) is 10.5 Å². The topological polar surface area (TPSA) is 128 Å². The summed E-state index contributed by atoms with van der Waals surface area (Å²) in [5.41, 5.74) is 0.755. The van der Waals surface area contributed by atoms with E-state index in [2.05, 4.69) is 5.32 Å². The van der Waals surface area contributed by atoms with Crippen molar-refractivity contribution in [1.82, 2.24) is 5.32 Å². The molecule has 30 heavy (non-hydrogen) atoms. The lowest BCUT2D eigenvalue weighted by molar-refractivity contribution is -0.384. The predicted molar refractivity (Wildman–Crippen MR) is 108 cm³/mol. The smallest absolute Gasteiger partial charge is 0.408 e.